The zero-order valence-corrected chi connectivity index (χ0v) is 16.5. The van der Waals surface area contributed by atoms with Gasteiger partial charge in [0.2, 0.25) is 5.91 Å². The van der Waals surface area contributed by atoms with Crippen LogP contribution in [0.15, 0.2) is 53.9 Å². The minimum Gasteiger partial charge on any atom is -0.494 e. The van der Waals surface area contributed by atoms with Crippen LogP contribution in [0.25, 0.3) is 10.6 Å². The van der Waals surface area contributed by atoms with Gasteiger partial charge < -0.3 is 15.4 Å². The maximum atomic E-state index is 12.5. The first-order chi connectivity index (χ1) is 13.6. The van der Waals surface area contributed by atoms with Gasteiger partial charge in [0.15, 0.2) is 0 Å². The summed E-state index contributed by atoms with van der Waals surface area (Å²) in [6.07, 6.45) is 0.393. The molecule has 1 heterocycles. The molecule has 1 aromatic heterocycles. The number of hydrogen-bond donors (Lipinski definition) is 2. The standard InChI is InChI=1S/C21H21N3O3S/c1-3-19(25)22-15-6-5-7-16(12-15)23-20(26)18-13-28-21(24-18)14-8-10-17(11-9-14)27-4-2/h5-13H,3-4H2,1-2H3,(H,22,25)(H,23,26). The minimum atomic E-state index is -0.299. The van der Waals surface area contributed by atoms with Gasteiger partial charge in [-0.25, -0.2) is 4.98 Å². The predicted molar refractivity (Wildman–Crippen MR) is 112 cm³/mol. The van der Waals surface area contributed by atoms with Gasteiger partial charge in [0, 0.05) is 28.7 Å². The topological polar surface area (TPSA) is 80.3 Å². The normalized spacial score (nSPS) is 10.4. The van der Waals surface area contributed by atoms with Crippen molar-refractivity contribution in [3.8, 4) is 16.3 Å². The molecule has 2 amide bonds. The molecule has 3 rings (SSSR count). The van der Waals surface area contributed by atoms with Crippen molar-refractivity contribution in [2.24, 2.45) is 0 Å². The molecular formula is C21H21N3O3S. The van der Waals surface area contributed by atoms with Crippen LogP contribution >= 0.6 is 11.3 Å². The van der Waals surface area contributed by atoms with E-state index >= 15 is 0 Å². The van der Waals surface area contributed by atoms with Gasteiger partial charge in [-0.2, -0.15) is 0 Å². The Kier molecular flexibility index (Phi) is 6.39. The molecule has 2 aromatic carbocycles. The summed E-state index contributed by atoms with van der Waals surface area (Å²) < 4.78 is 5.44. The van der Waals surface area contributed by atoms with Gasteiger partial charge >= 0.3 is 0 Å². The van der Waals surface area contributed by atoms with Crippen molar-refractivity contribution in [2.75, 3.05) is 17.2 Å². The van der Waals surface area contributed by atoms with Crippen molar-refractivity contribution in [3.05, 3.63) is 59.6 Å². The number of carbonyl (C=O) groups is 2. The lowest BCUT2D eigenvalue weighted by Gasteiger charge is -2.07. The number of benzene rings is 2. The third-order valence-corrected chi connectivity index (χ3v) is 4.77. The highest BCUT2D eigenvalue weighted by Crippen LogP contribution is 2.26. The molecule has 0 saturated heterocycles. The quantitative estimate of drug-likeness (QED) is 0.602. The van der Waals surface area contributed by atoms with Gasteiger partial charge in [0.05, 0.1) is 6.61 Å². The van der Waals surface area contributed by atoms with Gasteiger partial charge in [-0.05, 0) is 49.4 Å². The summed E-state index contributed by atoms with van der Waals surface area (Å²) in [5.41, 5.74) is 2.50. The van der Waals surface area contributed by atoms with Gasteiger partial charge in [0.25, 0.3) is 5.91 Å². The molecule has 6 nitrogen and oxygen atoms in total. The SMILES string of the molecule is CCOc1ccc(-c2nc(C(=O)Nc3cccc(NC(=O)CC)c3)cs2)cc1. The third-order valence-electron chi connectivity index (χ3n) is 3.87. The molecule has 0 aliphatic carbocycles. The molecular weight excluding hydrogens is 374 g/mol. The number of thiazole rings is 1. The Morgan fingerprint density at radius 1 is 1.04 bits per heavy atom. The first kappa shape index (κ1) is 19.6. The molecule has 0 unspecified atom stereocenters. The average molecular weight is 395 g/mol. The van der Waals surface area contributed by atoms with E-state index in [1.165, 1.54) is 11.3 Å². The summed E-state index contributed by atoms with van der Waals surface area (Å²) in [5, 5.41) is 8.07. The average Bonchev–Trinajstić information content (AvgIpc) is 3.19. The molecule has 0 spiro atoms. The van der Waals surface area contributed by atoms with Crippen molar-refractivity contribution in [3.63, 3.8) is 0 Å². The van der Waals surface area contributed by atoms with Crippen molar-refractivity contribution in [1.29, 1.82) is 0 Å². The fraction of sp³-hybridized carbons (Fsp3) is 0.190. The van der Waals surface area contributed by atoms with E-state index < -0.39 is 0 Å². The number of nitrogens with zero attached hydrogens (tertiary/aromatic N) is 1. The van der Waals surface area contributed by atoms with Crippen LogP contribution in [0.5, 0.6) is 5.75 Å². The molecule has 0 radical (unpaired) electrons. The molecule has 3 aromatic rings. The fourth-order valence-electron chi connectivity index (χ4n) is 2.49. The summed E-state index contributed by atoms with van der Waals surface area (Å²) >= 11 is 1.41. The number of aromatic nitrogens is 1. The van der Waals surface area contributed by atoms with Crippen LogP contribution in [0.1, 0.15) is 30.8 Å². The van der Waals surface area contributed by atoms with Crippen molar-refractivity contribution >= 4 is 34.5 Å². The molecule has 28 heavy (non-hydrogen) atoms. The van der Waals surface area contributed by atoms with Gasteiger partial charge in [-0.1, -0.05) is 13.0 Å². The number of ether oxygens (including phenoxy) is 1. The van der Waals surface area contributed by atoms with E-state index in [0.717, 1.165) is 16.3 Å². The van der Waals surface area contributed by atoms with E-state index in [2.05, 4.69) is 15.6 Å². The van der Waals surface area contributed by atoms with Crippen LogP contribution < -0.4 is 15.4 Å². The monoisotopic (exact) mass is 395 g/mol. The molecule has 0 bridgehead atoms. The second-order valence-corrected chi connectivity index (χ2v) is 6.79. The number of nitrogens with one attached hydrogen (secondary N) is 2. The maximum absolute atomic E-state index is 12.5. The summed E-state index contributed by atoms with van der Waals surface area (Å²) in [4.78, 5) is 28.5. The Bertz CT molecular complexity index is 967. The first-order valence-electron chi connectivity index (χ1n) is 8.99. The zero-order valence-electron chi connectivity index (χ0n) is 15.7. The number of anilines is 2. The highest BCUT2D eigenvalue weighted by molar-refractivity contribution is 7.13. The second kappa shape index (κ2) is 9.14. The maximum Gasteiger partial charge on any atom is 0.275 e. The molecule has 2 N–H and O–H groups in total. The Hall–Kier alpha value is -3.19. The Morgan fingerprint density at radius 2 is 1.75 bits per heavy atom. The van der Waals surface area contributed by atoms with E-state index in [1.807, 2.05) is 31.2 Å². The highest BCUT2D eigenvalue weighted by Gasteiger charge is 2.13. The molecule has 0 atom stereocenters. The van der Waals surface area contributed by atoms with E-state index in [1.54, 1.807) is 36.6 Å². The van der Waals surface area contributed by atoms with Gasteiger partial charge in [-0.3, -0.25) is 9.59 Å². The van der Waals surface area contributed by atoms with Crippen LogP contribution in [0.2, 0.25) is 0 Å². The summed E-state index contributed by atoms with van der Waals surface area (Å²) in [6.45, 7) is 4.34. The van der Waals surface area contributed by atoms with Crippen LogP contribution in [-0.2, 0) is 4.79 Å². The van der Waals surface area contributed by atoms with E-state index in [9.17, 15) is 9.59 Å². The third kappa shape index (κ3) is 4.95. The molecule has 0 fully saturated rings. The lowest BCUT2D eigenvalue weighted by molar-refractivity contribution is -0.115. The highest BCUT2D eigenvalue weighted by atomic mass is 32.1. The largest absolute Gasteiger partial charge is 0.494 e. The predicted octanol–water partition coefficient (Wildman–Crippen LogP) is 4.81. The van der Waals surface area contributed by atoms with Crippen LogP contribution in [0.4, 0.5) is 11.4 Å². The summed E-state index contributed by atoms with van der Waals surface area (Å²) in [5.74, 6) is 0.422. The number of rotatable bonds is 7. The van der Waals surface area contributed by atoms with Crippen LogP contribution in [0, 0.1) is 0 Å². The van der Waals surface area contributed by atoms with Gasteiger partial charge in [0.1, 0.15) is 16.5 Å². The first-order valence-corrected chi connectivity index (χ1v) is 9.87. The Balaban J connectivity index is 1.69. The number of carbonyl (C=O) groups excluding carboxylic acids is 2. The number of amides is 2. The molecule has 0 aliphatic rings. The van der Waals surface area contributed by atoms with Gasteiger partial charge in [-0.15, -0.1) is 11.3 Å². The summed E-state index contributed by atoms with van der Waals surface area (Å²) in [6, 6.07) is 14.6. The van der Waals surface area contributed by atoms with E-state index in [-0.39, 0.29) is 11.8 Å². The van der Waals surface area contributed by atoms with Crippen molar-refractivity contribution in [2.45, 2.75) is 20.3 Å². The van der Waals surface area contributed by atoms with E-state index in [4.69, 9.17) is 4.74 Å². The second-order valence-electron chi connectivity index (χ2n) is 5.93. The molecule has 7 heteroatoms. The van der Waals surface area contributed by atoms with E-state index in [0.29, 0.717) is 30.1 Å². The van der Waals surface area contributed by atoms with Crippen LogP contribution in [0.3, 0.4) is 0 Å². The molecule has 0 saturated carbocycles. The summed E-state index contributed by atoms with van der Waals surface area (Å²) in [7, 11) is 0. The Morgan fingerprint density at radius 3 is 2.43 bits per heavy atom. The smallest absolute Gasteiger partial charge is 0.275 e. The fourth-order valence-corrected chi connectivity index (χ4v) is 3.30. The minimum absolute atomic E-state index is 0.0806. The molecule has 144 valence electrons. The zero-order chi connectivity index (χ0) is 19.9. The van der Waals surface area contributed by atoms with Crippen molar-refractivity contribution in [1.82, 2.24) is 4.98 Å². The molecule has 0 aliphatic heterocycles. The lowest BCUT2D eigenvalue weighted by atomic mass is 10.2. The van der Waals surface area contributed by atoms with Crippen LogP contribution in [-0.4, -0.2) is 23.4 Å². The number of hydrogen-bond acceptors (Lipinski definition) is 5. The van der Waals surface area contributed by atoms with Crippen molar-refractivity contribution < 1.29 is 14.3 Å². The Labute approximate surface area is 167 Å². The lowest BCUT2D eigenvalue weighted by Crippen LogP contribution is -2.13.